The van der Waals surface area contributed by atoms with Crippen LogP contribution in [0.3, 0.4) is 0 Å². The van der Waals surface area contributed by atoms with Crippen LogP contribution in [-0.4, -0.2) is 24.0 Å². The number of rotatable bonds is 6. The Morgan fingerprint density at radius 3 is 2.46 bits per heavy atom. The Labute approximate surface area is 215 Å². The first-order valence-electron chi connectivity index (χ1n) is 10.0. The Kier molecular flexibility index (Phi) is 7.40. The predicted octanol–water partition coefficient (Wildman–Crippen LogP) is 6.23. The van der Waals surface area contributed by atoms with Gasteiger partial charge in [-0.3, -0.25) is 14.9 Å². The van der Waals surface area contributed by atoms with Gasteiger partial charge in [0.15, 0.2) is 16.6 Å². The van der Waals surface area contributed by atoms with Crippen molar-refractivity contribution >= 4 is 63.7 Å². The monoisotopic (exact) mass is 529 g/mol. The molecule has 3 N–H and O–H groups in total. The number of hydrogen-bond acceptors (Lipinski definition) is 6. The van der Waals surface area contributed by atoms with E-state index in [2.05, 4.69) is 16.0 Å². The number of ether oxygens (including phenoxy) is 1. The second kappa shape index (κ2) is 10.6. The van der Waals surface area contributed by atoms with Crippen molar-refractivity contribution in [2.75, 3.05) is 17.7 Å². The summed E-state index contributed by atoms with van der Waals surface area (Å²) in [6, 6.07) is 16.2. The number of benzene rings is 2. The highest BCUT2D eigenvalue weighted by Gasteiger charge is 2.16. The van der Waals surface area contributed by atoms with E-state index in [1.54, 1.807) is 54.6 Å². The molecule has 4 rings (SSSR count). The summed E-state index contributed by atoms with van der Waals surface area (Å²) in [5, 5.41) is 8.92. The topological polar surface area (TPSA) is 106 Å². The molecule has 2 amide bonds. The highest BCUT2D eigenvalue weighted by Crippen LogP contribution is 2.30. The summed E-state index contributed by atoms with van der Waals surface area (Å²) in [4.78, 5) is 24.9. The third-order valence-electron chi connectivity index (χ3n) is 4.71. The van der Waals surface area contributed by atoms with E-state index in [-0.39, 0.29) is 16.6 Å². The summed E-state index contributed by atoms with van der Waals surface area (Å²) >= 11 is 17.3. The molecule has 0 aliphatic rings. The number of amides is 2. The summed E-state index contributed by atoms with van der Waals surface area (Å²) in [7, 11) is 1.48. The van der Waals surface area contributed by atoms with Crippen LogP contribution in [-0.2, 0) is 0 Å². The van der Waals surface area contributed by atoms with E-state index >= 15 is 0 Å². The van der Waals surface area contributed by atoms with Crippen molar-refractivity contribution in [3.63, 3.8) is 0 Å². The molecule has 0 saturated carbocycles. The number of carbonyl (C=O) groups is 2. The van der Waals surface area contributed by atoms with Gasteiger partial charge in [0.2, 0.25) is 0 Å². The molecule has 35 heavy (non-hydrogen) atoms. The van der Waals surface area contributed by atoms with E-state index in [0.717, 1.165) is 0 Å². The maximum Gasteiger partial charge on any atom is 0.293 e. The average molecular weight is 530 g/mol. The molecule has 0 saturated heterocycles. The lowest BCUT2D eigenvalue weighted by Gasteiger charge is -2.14. The molecule has 0 fully saturated rings. The second-order valence-corrected chi connectivity index (χ2v) is 8.27. The van der Waals surface area contributed by atoms with E-state index in [0.29, 0.717) is 38.5 Å². The molecule has 0 spiro atoms. The van der Waals surface area contributed by atoms with Gasteiger partial charge in [-0.1, -0.05) is 23.2 Å². The van der Waals surface area contributed by atoms with E-state index in [4.69, 9.17) is 49.0 Å². The smallest absolute Gasteiger partial charge is 0.293 e. The van der Waals surface area contributed by atoms with Crippen LogP contribution in [0.25, 0.3) is 11.3 Å². The van der Waals surface area contributed by atoms with Gasteiger partial charge in [-0.2, -0.15) is 0 Å². The zero-order valence-corrected chi connectivity index (χ0v) is 20.4. The number of carbonyl (C=O) groups excluding carboxylic acids is 2. The van der Waals surface area contributed by atoms with Crippen LogP contribution in [0.15, 0.2) is 75.8 Å². The number of anilines is 2. The van der Waals surface area contributed by atoms with Gasteiger partial charge in [-0.05, 0) is 72.9 Å². The average Bonchev–Trinajstić information content (AvgIpc) is 3.54. The maximum absolute atomic E-state index is 12.6. The molecule has 11 heteroatoms. The molecule has 4 aromatic rings. The summed E-state index contributed by atoms with van der Waals surface area (Å²) in [5.74, 6) is 0.109. The Morgan fingerprint density at radius 2 is 1.74 bits per heavy atom. The fourth-order valence-electron chi connectivity index (χ4n) is 3.07. The van der Waals surface area contributed by atoms with Gasteiger partial charge in [0.1, 0.15) is 11.5 Å². The van der Waals surface area contributed by atoms with Gasteiger partial charge >= 0.3 is 0 Å². The van der Waals surface area contributed by atoms with Crippen LogP contribution >= 0.6 is 35.4 Å². The van der Waals surface area contributed by atoms with Crippen molar-refractivity contribution in [3.8, 4) is 17.1 Å². The summed E-state index contributed by atoms with van der Waals surface area (Å²) in [6.07, 6.45) is 1.41. The van der Waals surface area contributed by atoms with Gasteiger partial charge in [0.25, 0.3) is 11.8 Å². The molecule has 0 aliphatic carbocycles. The second-order valence-electron chi connectivity index (χ2n) is 7.05. The van der Waals surface area contributed by atoms with E-state index in [1.165, 1.54) is 19.4 Å². The predicted molar refractivity (Wildman–Crippen MR) is 138 cm³/mol. The summed E-state index contributed by atoms with van der Waals surface area (Å²) in [6.45, 7) is 0. The van der Waals surface area contributed by atoms with E-state index < -0.39 is 11.8 Å². The van der Waals surface area contributed by atoms with Gasteiger partial charge < -0.3 is 24.2 Å². The lowest BCUT2D eigenvalue weighted by Crippen LogP contribution is -2.34. The van der Waals surface area contributed by atoms with Crippen LogP contribution in [0.5, 0.6) is 5.75 Å². The van der Waals surface area contributed by atoms with Crippen LogP contribution in [0.2, 0.25) is 10.0 Å². The van der Waals surface area contributed by atoms with Crippen molar-refractivity contribution in [2.45, 2.75) is 0 Å². The number of hydrogen-bond donors (Lipinski definition) is 3. The maximum atomic E-state index is 12.6. The third kappa shape index (κ3) is 5.83. The Hall–Kier alpha value is -3.79. The Bertz CT molecular complexity index is 1400. The molecule has 8 nitrogen and oxygen atoms in total. The van der Waals surface area contributed by atoms with Crippen molar-refractivity contribution < 1.29 is 23.2 Å². The van der Waals surface area contributed by atoms with E-state index in [9.17, 15) is 9.59 Å². The van der Waals surface area contributed by atoms with Crippen LogP contribution in [0, 0.1) is 0 Å². The minimum Gasteiger partial charge on any atom is -0.495 e. The Morgan fingerprint density at radius 1 is 0.914 bits per heavy atom. The molecule has 2 aromatic heterocycles. The van der Waals surface area contributed by atoms with Crippen molar-refractivity contribution in [3.05, 3.63) is 88.5 Å². The zero-order valence-electron chi connectivity index (χ0n) is 18.1. The summed E-state index contributed by atoms with van der Waals surface area (Å²) < 4.78 is 16.1. The van der Waals surface area contributed by atoms with Crippen molar-refractivity contribution in [1.82, 2.24) is 5.32 Å². The molecular formula is C24H17Cl2N3O5S. The normalized spacial score (nSPS) is 10.5. The molecule has 0 bridgehead atoms. The quantitative estimate of drug-likeness (QED) is 0.254. The number of thiocarbonyl (C=S) groups is 1. The first-order chi connectivity index (χ1) is 16.8. The molecule has 0 atom stereocenters. The lowest BCUT2D eigenvalue weighted by atomic mass is 10.2. The van der Waals surface area contributed by atoms with Gasteiger partial charge in [0.05, 0.1) is 29.1 Å². The number of nitrogens with one attached hydrogen (secondary N) is 3. The number of furan rings is 2. The highest BCUT2D eigenvalue weighted by molar-refractivity contribution is 7.80. The standard InChI is InChI=1S/C24H17Cl2N3O5S/c1-32-19-7-5-14(27-22(30)20-3-2-10-33-20)12-17(19)28-24(35)29-23(31)21-9-8-18(34-21)13-4-6-15(25)16(26)11-13/h2-12H,1H3,(H,27,30)(H2,28,29,31,35). The summed E-state index contributed by atoms with van der Waals surface area (Å²) in [5.41, 5.74) is 1.55. The van der Waals surface area contributed by atoms with Crippen LogP contribution < -0.4 is 20.7 Å². The third-order valence-corrected chi connectivity index (χ3v) is 5.65. The van der Waals surface area contributed by atoms with Gasteiger partial charge in [-0.25, -0.2) is 0 Å². The molecule has 0 unspecified atom stereocenters. The zero-order chi connectivity index (χ0) is 24.9. The molecule has 2 heterocycles. The first kappa shape index (κ1) is 24.3. The fraction of sp³-hybridized carbons (Fsp3) is 0.0417. The largest absolute Gasteiger partial charge is 0.495 e. The molecule has 0 radical (unpaired) electrons. The highest BCUT2D eigenvalue weighted by atomic mass is 35.5. The SMILES string of the molecule is COc1ccc(NC(=O)c2ccco2)cc1NC(=S)NC(=O)c1ccc(-c2ccc(Cl)c(Cl)c2)o1. The van der Waals surface area contributed by atoms with E-state index in [1.807, 2.05) is 0 Å². The molecule has 2 aromatic carbocycles. The Balaban J connectivity index is 1.43. The minimum absolute atomic E-state index is 0.00435. The molecule has 178 valence electrons. The number of methoxy groups -OCH3 is 1. The van der Waals surface area contributed by atoms with Crippen LogP contribution in [0.4, 0.5) is 11.4 Å². The van der Waals surface area contributed by atoms with Crippen molar-refractivity contribution in [1.29, 1.82) is 0 Å². The molecule has 0 aliphatic heterocycles. The fourth-order valence-corrected chi connectivity index (χ4v) is 3.57. The van der Waals surface area contributed by atoms with Crippen molar-refractivity contribution in [2.24, 2.45) is 0 Å². The minimum atomic E-state index is -0.560. The van der Waals surface area contributed by atoms with Gasteiger partial charge in [-0.15, -0.1) is 0 Å². The molecular weight excluding hydrogens is 513 g/mol. The first-order valence-corrected chi connectivity index (χ1v) is 11.2. The van der Waals surface area contributed by atoms with Crippen LogP contribution in [0.1, 0.15) is 21.1 Å². The van der Waals surface area contributed by atoms with Gasteiger partial charge in [0, 0.05) is 11.3 Å². The lowest BCUT2D eigenvalue weighted by molar-refractivity contribution is 0.0950. The number of halogens is 2.